The second-order valence-corrected chi connectivity index (χ2v) is 6.14. The van der Waals surface area contributed by atoms with E-state index in [0.29, 0.717) is 18.8 Å². The number of ether oxygens (including phenoxy) is 1. The lowest BCUT2D eigenvalue weighted by Crippen LogP contribution is -2.36. The van der Waals surface area contributed by atoms with Gasteiger partial charge in [0.2, 0.25) is 5.91 Å². The molecule has 1 atom stereocenters. The van der Waals surface area contributed by atoms with Crippen molar-refractivity contribution in [1.82, 2.24) is 20.2 Å². The highest BCUT2D eigenvalue weighted by atomic mass is 16.5. The molecule has 0 radical (unpaired) electrons. The van der Waals surface area contributed by atoms with Gasteiger partial charge in [-0.1, -0.05) is 0 Å². The second-order valence-electron chi connectivity index (χ2n) is 6.14. The molecule has 1 saturated heterocycles. The maximum atomic E-state index is 11.4. The third kappa shape index (κ3) is 5.55. The summed E-state index contributed by atoms with van der Waals surface area (Å²) < 4.78 is 5.18. The molecule has 1 amide bonds. The predicted octanol–water partition coefficient (Wildman–Crippen LogP) is 1.29. The SMILES string of the molecule is CNC(=O)CCc1cc([C@H]2CCCN(CCOC)C2)nc(C)n1. The van der Waals surface area contributed by atoms with E-state index in [9.17, 15) is 4.79 Å². The second kappa shape index (κ2) is 8.93. The highest BCUT2D eigenvalue weighted by Crippen LogP contribution is 2.26. The molecule has 1 fully saturated rings. The minimum atomic E-state index is 0.0474. The quantitative estimate of drug-likeness (QED) is 0.820. The standard InChI is InChI=1S/C17H28N4O2/c1-13-19-15(6-7-17(22)18-2)11-16(20-13)14-5-4-8-21(12-14)9-10-23-3/h11,14H,4-10,12H2,1-3H3,(H,18,22)/t14-/m0/s1. The number of nitrogens with one attached hydrogen (secondary N) is 1. The van der Waals surface area contributed by atoms with Crippen LogP contribution >= 0.6 is 0 Å². The van der Waals surface area contributed by atoms with E-state index < -0.39 is 0 Å². The molecule has 6 heteroatoms. The van der Waals surface area contributed by atoms with Crippen LogP contribution in [0, 0.1) is 6.92 Å². The number of aryl methyl sites for hydroxylation is 2. The van der Waals surface area contributed by atoms with Crippen molar-refractivity contribution < 1.29 is 9.53 Å². The van der Waals surface area contributed by atoms with Gasteiger partial charge in [0.1, 0.15) is 5.82 Å². The number of hydrogen-bond acceptors (Lipinski definition) is 5. The van der Waals surface area contributed by atoms with Crippen LogP contribution in [0.2, 0.25) is 0 Å². The minimum Gasteiger partial charge on any atom is -0.383 e. The number of carbonyl (C=O) groups is 1. The van der Waals surface area contributed by atoms with E-state index in [2.05, 4.69) is 26.3 Å². The van der Waals surface area contributed by atoms with E-state index in [1.807, 2.05) is 6.92 Å². The fourth-order valence-corrected chi connectivity index (χ4v) is 3.08. The summed E-state index contributed by atoms with van der Waals surface area (Å²) in [6.45, 7) is 5.83. The lowest BCUT2D eigenvalue weighted by atomic mass is 9.93. The Morgan fingerprint density at radius 2 is 2.30 bits per heavy atom. The van der Waals surface area contributed by atoms with Crippen molar-refractivity contribution >= 4 is 5.91 Å². The molecule has 0 saturated carbocycles. The van der Waals surface area contributed by atoms with Crippen molar-refractivity contribution in [2.45, 2.75) is 38.5 Å². The van der Waals surface area contributed by atoms with Crippen molar-refractivity contribution in [3.8, 4) is 0 Å². The predicted molar refractivity (Wildman–Crippen MR) is 89.4 cm³/mol. The summed E-state index contributed by atoms with van der Waals surface area (Å²) >= 11 is 0. The Balaban J connectivity index is 2.03. The molecule has 2 heterocycles. The lowest BCUT2D eigenvalue weighted by molar-refractivity contribution is -0.120. The number of hydrogen-bond donors (Lipinski definition) is 1. The number of aromatic nitrogens is 2. The molecule has 1 aromatic rings. The van der Waals surface area contributed by atoms with Gasteiger partial charge in [0.15, 0.2) is 0 Å². The summed E-state index contributed by atoms with van der Waals surface area (Å²) in [6, 6.07) is 2.08. The molecule has 128 valence electrons. The molecule has 1 aromatic heterocycles. The average Bonchev–Trinajstić information content (AvgIpc) is 2.57. The van der Waals surface area contributed by atoms with Gasteiger partial charge in [0.05, 0.1) is 6.61 Å². The first-order chi connectivity index (χ1) is 11.1. The van der Waals surface area contributed by atoms with Crippen molar-refractivity contribution in [2.75, 3.05) is 40.4 Å². The fraction of sp³-hybridized carbons (Fsp3) is 0.706. The first-order valence-corrected chi connectivity index (χ1v) is 8.38. The topological polar surface area (TPSA) is 67.4 Å². The molecular formula is C17H28N4O2. The summed E-state index contributed by atoms with van der Waals surface area (Å²) in [4.78, 5) is 23.0. The van der Waals surface area contributed by atoms with Gasteiger partial charge < -0.3 is 15.0 Å². The zero-order valence-corrected chi connectivity index (χ0v) is 14.5. The first kappa shape index (κ1) is 17.8. The van der Waals surface area contributed by atoms with Crippen LogP contribution in [0.1, 0.15) is 42.4 Å². The molecule has 1 aliphatic rings. The fourth-order valence-electron chi connectivity index (χ4n) is 3.08. The number of piperidine rings is 1. The Bertz CT molecular complexity index is 521. The summed E-state index contributed by atoms with van der Waals surface area (Å²) in [7, 11) is 3.41. The van der Waals surface area contributed by atoms with E-state index in [1.54, 1.807) is 14.2 Å². The van der Waals surface area contributed by atoms with Crippen LogP contribution in [0.5, 0.6) is 0 Å². The number of carbonyl (C=O) groups excluding carboxylic acids is 1. The summed E-state index contributed by atoms with van der Waals surface area (Å²) in [5.74, 6) is 1.29. The zero-order chi connectivity index (χ0) is 16.7. The number of methoxy groups -OCH3 is 1. The molecule has 6 nitrogen and oxygen atoms in total. The Morgan fingerprint density at radius 3 is 3.04 bits per heavy atom. The van der Waals surface area contributed by atoms with Gasteiger partial charge >= 0.3 is 0 Å². The Hall–Kier alpha value is -1.53. The molecule has 0 aliphatic carbocycles. The van der Waals surface area contributed by atoms with Crippen LogP contribution < -0.4 is 5.32 Å². The van der Waals surface area contributed by atoms with E-state index >= 15 is 0 Å². The van der Waals surface area contributed by atoms with Gasteiger partial charge in [-0.2, -0.15) is 0 Å². The summed E-state index contributed by atoms with van der Waals surface area (Å²) in [5.41, 5.74) is 2.08. The van der Waals surface area contributed by atoms with E-state index in [4.69, 9.17) is 4.74 Å². The third-order valence-corrected chi connectivity index (χ3v) is 4.33. The van der Waals surface area contributed by atoms with Crippen LogP contribution in [0.25, 0.3) is 0 Å². The smallest absolute Gasteiger partial charge is 0.220 e. The average molecular weight is 320 g/mol. The molecule has 0 aromatic carbocycles. The van der Waals surface area contributed by atoms with Crippen molar-refractivity contribution in [1.29, 1.82) is 0 Å². The van der Waals surface area contributed by atoms with Gasteiger partial charge in [-0.15, -0.1) is 0 Å². The number of nitrogens with zero attached hydrogens (tertiary/aromatic N) is 3. The number of amides is 1. The van der Waals surface area contributed by atoms with Crippen LogP contribution in [0.3, 0.4) is 0 Å². The highest BCUT2D eigenvalue weighted by molar-refractivity contribution is 5.75. The normalized spacial score (nSPS) is 18.8. The lowest BCUT2D eigenvalue weighted by Gasteiger charge is -2.32. The van der Waals surface area contributed by atoms with Gasteiger partial charge in [-0.25, -0.2) is 9.97 Å². The summed E-state index contributed by atoms with van der Waals surface area (Å²) in [5, 5.41) is 2.65. The molecule has 2 rings (SSSR count). The van der Waals surface area contributed by atoms with Gasteiger partial charge in [-0.05, 0) is 38.8 Å². The van der Waals surface area contributed by atoms with Gasteiger partial charge in [0.25, 0.3) is 0 Å². The van der Waals surface area contributed by atoms with Crippen molar-refractivity contribution in [3.05, 3.63) is 23.3 Å². The van der Waals surface area contributed by atoms with Gasteiger partial charge in [0, 0.05) is 51.0 Å². The number of rotatable bonds is 7. The largest absolute Gasteiger partial charge is 0.383 e. The minimum absolute atomic E-state index is 0.0474. The molecule has 0 bridgehead atoms. The maximum absolute atomic E-state index is 11.4. The van der Waals surface area contributed by atoms with Crippen LogP contribution in [-0.4, -0.2) is 61.2 Å². The third-order valence-electron chi connectivity index (χ3n) is 4.33. The van der Waals surface area contributed by atoms with Gasteiger partial charge in [-0.3, -0.25) is 4.79 Å². The monoisotopic (exact) mass is 320 g/mol. The summed E-state index contributed by atoms with van der Waals surface area (Å²) in [6.07, 6.45) is 3.48. The van der Waals surface area contributed by atoms with Crippen molar-refractivity contribution in [3.63, 3.8) is 0 Å². The van der Waals surface area contributed by atoms with Crippen molar-refractivity contribution in [2.24, 2.45) is 0 Å². The highest BCUT2D eigenvalue weighted by Gasteiger charge is 2.23. The molecular weight excluding hydrogens is 292 g/mol. The number of likely N-dealkylation sites (tertiary alicyclic amines) is 1. The van der Waals surface area contributed by atoms with Crippen LogP contribution in [0.4, 0.5) is 0 Å². The van der Waals surface area contributed by atoms with Crippen LogP contribution in [-0.2, 0) is 16.0 Å². The zero-order valence-electron chi connectivity index (χ0n) is 14.5. The molecule has 1 aliphatic heterocycles. The first-order valence-electron chi connectivity index (χ1n) is 8.38. The van der Waals surface area contributed by atoms with E-state index in [1.165, 1.54) is 6.42 Å². The molecule has 1 N–H and O–H groups in total. The molecule has 0 unspecified atom stereocenters. The maximum Gasteiger partial charge on any atom is 0.220 e. The molecule has 0 spiro atoms. The Kier molecular flexibility index (Phi) is 6.92. The van der Waals surface area contributed by atoms with E-state index in [-0.39, 0.29) is 5.91 Å². The Labute approximate surface area is 138 Å². The molecule has 23 heavy (non-hydrogen) atoms. The van der Waals surface area contributed by atoms with Crippen LogP contribution in [0.15, 0.2) is 6.07 Å². The van der Waals surface area contributed by atoms with E-state index in [0.717, 1.165) is 49.9 Å². The Morgan fingerprint density at radius 1 is 1.48 bits per heavy atom.